The van der Waals surface area contributed by atoms with E-state index in [9.17, 15) is 4.79 Å². The third kappa shape index (κ3) is 2.82. The number of hydrogen-bond donors (Lipinski definition) is 1. The summed E-state index contributed by atoms with van der Waals surface area (Å²) < 4.78 is 5.17. The van der Waals surface area contributed by atoms with Crippen LogP contribution in [-0.2, 0) is 16.1 Å². The van der Waals surface area contributed by atoms with Gasteiger partial charge in [0.15, 0.2) is 5.54 Å². The van der Waals surface area contributed by atoms with Gasteiger partial charge in [0.1, 0.15) is 0 Å². The molecular formula is C15H20N2O3. The highest BCUT2D eigenvalue weighted by molar-refractivity contribution is 6.00. The highest BCUT2D eigenvalue weighted by atomic mass is 16.5. The van der Waals surface area contributed by atoms with Crippen molar-refractivity contribution in [1.82, 2.24) is 4.90 Å². The smallest absolute Gasteiger partial charge is 0.332 e. The van der Waals surface area contributed by atoms with Crippen LogP contribution in [0.1, 0.15) is 25.3 Å². The van der Waals surface area contributed by atoms with E-state index in [1.165, 1.54) is 6.21 Å². The summed E-state index contributed by atoms with van der Waals surface area (Å²) in [4.78, 5) is 14.3. The van der Waals surface area contributed by atoms with Crippen LogP contribution in [0.25, 0.3) is 0 Å². The van der Waals surface area contributed by atoms with Gasteiger partial charge in [-0.25, -0.2) is 4.79 Å². The number of ether oxygens (including phenoxy) is 1. The van der Waals surface area contributed by atoms with E-state index in [1.54, 1.807) is 6.92 Å². The molecule has 1 aliphatic heterocycles. The van der Waals surface area contributed by atoms with Crippen LogP contribution in [0.3, 0.4) is 0 Å². The third-order valence-electron chi connectivity index (χ3n) is 3.67. The number of nitrogens with zero attached hydrogens (tertiary/aromatic N) is 2. The first-order chi connectivity index (χ1) is 9.73. The fourth-order valence-corrected chi connectivity index (χ4v) is 2.70. The lowest BCUT2D eigenvalue weighted by atomic mass is 9.97. The monoisotopic (exact) mass is 276 g/mol. The number of oxime groups is 1. The number of esters is 1. The predicted molar refractivity (Wildman–Crippen MR) is 75.7 cm³/mol. The van der Waals surface area contributed by atoms with Gasteiger partial charge in [0.25, 0.3) is 0 Å². The van der Waals surface area contributed by atoms with Crippen molar-refractivity contribution < 1.29 is 14.7 Å². The van der Waals surface area contributed by atoms with Gasteiger partial charge >= 0.3 is 5.97 Å². The minimum atomic E-state index is -0.944. The molecule has 1 fully saturated rings. The molecule has 0 radical (unpaired) electrons. The number of rotatable bonds is 5. The van der Waals surface area contributed by atoms with E-state index in [4.69, 9.17) is 9.94 Å². The van der Waals surface area contributed by atoms with Crippen LogP contribution >= 0.6 is 0 Å². The number of likely N-dealkylation sites (tertiary alicyclic amines) is 1. The zero-order chi connectivity index (χ0) is 14.4. The molecule has 108 valence electrons. The van der Waals surface area contributed by atoms with Crippen molar-refractivity contribution in [2.45, 2.75) is 31.8 Å². The lowest BCUT2D eigenvalue weighted by Crippen LogP contribution is -2.52. The summed E-state index contributed by atoms with van der Waals surface area (Å²) in [5, 5.41) is 12.0. The molecule has 0 spiro atoms. The van der Waals surface area contributed by atoms with Gasteiger partial charge in [0.2, 0.25) is 0 Å². The van der Waals surface area contributed by atoms with Crippen molar-refractivity contribution >= 4 is 12.2 Å². The molecule has 1 saturated heterocycles. The third-order valence-corrected chi connectivity index (χ3v) is 3.67. The number of carbonyl (C=O) groups is 1. The van der Waals surface area contributed by atoms with Crippen molar-refractivity contribution in [1.29, 1.82) is 0 Å². The van der Waals surface area contributed by atoms with E-state index in [1.807, 2.05) is 35.2 Å². The maximum Gasteiger partial charge on any atom is 0.332 e. The minimum Gasteiger partial charge on any atom is -0.464 e. The Labute approximate surface area is 118 Å². The Hall–Kier alpha value is -1.88. The minimum absolute atomic E-state index is 0.318. The van der Waals surface area contributed by atoms with Crippen LogP contribution in [0, 0.1) is 0 Å². The lowest BCUT2D eigenvalue weighted by Gasteiger charge is -2.32. The quantitative estimate of drug-likeness (QED) is 0.387. The van der Waals surface area contributed by atoms with E-state index < -0.39 is 5.54 Å². The van der Waals surface area contributed by atoms with Gasteiger partial charge in [-0.1, -0.05) is 35.5 Å². The van der Waals surface area contributed by atoms with E-state index >= 15 is 0 Å². The van der Waals surface area contributed by atoms with Crippen molar-refractivity contribution in [3.05, 3.63) is 35.9 Å². The molecular weight excluding hydrogens is 256 g/mol. The molecule has 0 aromatic heterocycles. The van der Waals surface area contributed by atoms with Crippen molar-refractivity contribution in [2.75, 3.05) is 13.2 Å². The Morgan fingerprint density at radius 2 is 2.25 bits per heavy atom. The SMILES string of the molecule is CCOC(=O)C1(/C=N/O)CCCN1Cc1ccccc1. The average molecular weight is 276 g/mol. The zero-order valence-corrected chi connectivity index (χ0v) is 11.7. The molecule has 0 aliphatic carbocycles. The molecule has 1 aromatic carbocycles. The van der Waals surface area contributed by atoms with E-state index in [-0.39, 0.29) is 5.97 Å². The summed E-state index contributed by atoms with van der Waals surface area (Å²) in [7, 11) is 0. The second-order valence-electron chi connectivity index (χ2n) is 4.90. The van der Waals surface area contributed by atoms with Crippen molar-refractivity contribution in [3.8, 4) is 0 Å². The first kappa shape index (κ1) is 14.5. The second kappa shape index (κ2) is 6.52. The standard InChI is InChI=1S/C15H20N2O3/c1-2-20-14(18)15(12-16-19)9-6-10-17(15)11-13-7-4-3-5-8-13/h3-5,7-8,12,19H,2,6,9-11H2,1H3/b16-12+. The largest absolute Gasteiger partial charge is 0.464 e. The Bertz CT molecular complexity index is 475. The molecule has 1 N–H and O–H groups in total. The van der Waals surface area contributed by atoms with E-state index in [0.29, 0.717) is 19.6 Å². The summed E-state index contributed by atoms with van der Waals surface area (Å²) in [6.45, 7) is 3.50. The van der Waals surface area contributed by atoms with Crippen LogP contribution in [-0.4, -0.2) is 41.0 Å². The topological polar surface area (TPSA) is 62.1 Å². The van der Waals surface area contributed by atoms with Gasteiger partial charge in [-0.3, -0.25) is 4.90 Å². The summed E-state index contributed by atoms with van der Waals surface area (Å²) in [5.74, 6) is -0.341. The molecule has 0 saturated carbocycles. The van der Waals surface area contributed by atoms with Crippen LogP contribution in [0.4, 0.5) is 0 Å². The Morgan fingerprint density at radius 3 is 2.90 bits per heavy atom. The van der Waals surface area contributed by atoms with Crippen molar-refractivity contribution in [2.24, 2.45) is 5.16 Å². The number of carbonyl (C=O) groups excluding carboxylic acids is 1. The Morgan fingerprint density at radius 1 is 1.50 bits per heavy atom. The van der Waals surface area contributed by atoms with Gasteiger partial charge in [0.05, 0.1) is 12.8 Å². The van der Waals surface area contributed by atoms with Gasteiger partial charge in [-0.2, -0.15) is 0 Å². The van der Waals surface area contributed by atoms with Crippen LogP contribution in [0.15, 0.2) is 35.5 Å². The summed E-state index contributed by atoms with van der Waals surface area (Å²) in [5.41, 5.74) is 0.176. The summed E-state index contributed by atoms with van der Waals surface area (Å²) >= 11 is 0. The Kier molecular flexibility index (Phi) is 4.74. The zero-order valence-electron chi connectivity index (χ0n) is 11.7. The first-order valence-corrected chi connectivity index (χ1v) is 6.87. The first-order valence-electron chi connectivity index (χ1n) is 6.87. The molecule has 1 aliphatic rings. The molecule has 0 bridgehead atoms. The highest BCUT2D eigenvalue weighted by Gasteiger charge is 2.47. The summed E-state index contributed by atoms with van der Waals surface area (Å²) in [6, 6.07) is 9.94. The number of hydrogen-bond acceptors (Lipinski definition) is 5. The van der Waals surface area contributed by atoms with Gasteiger partial charge in [-0.05, 0) is 25.3 Å². The molecule has 0 amide bonds. The van der Waals surface area contributed by atoms with Crippen LogP contribution in [0.5, 0.6) is 0 Å². The lowest BCUT2D eigenvalue weighted by molar-refractivity contribution is -0.151. The van der Waals surface area contributed by atoms with Gasteiger partial charge < -0.3 is 9.94 Å². The molecule has 5 nitrogen and oxygen atoms in total. The molecule has 20 heavy (non-hydrogen) atoms. The molecule has 1 heterocycles. The maximum atomic E-state index is 12.3. The number of benzene rings is 1. The van der Waals surface area contributed by atoms with Crippen LogP contribution < -0.4 is 0 Å². The fourth-order valence-electron chi connectivity index (χ4n) is 2.70. The fraction of sp³-hybridized carbons (Fsp3) is 0.467. The molecule has 2 rings (SSSR count). The molecule has 5 heteroatoms. The second-order valence-corrected chi connectivity index (χ2v) is 4.90. The van der Waals surface area contributed by atoms with E-state index in [2.05, 4.69) is 5.16 Å². The van der Waals surface area contributed by atoms with Crippen molar-refractivity contribution in [3.63, 3.8) is 0 Å². The summed E-state index contributed by atoms with van der Waals surface area (Å²) in [6.07, 6.45) is 2.79. The predicted octanol–water partition coefficient (Wildman–Crippen LogP) is 2.04. The van der Waals surface area contributed by atoms with E-state index in [0.717, 1.165) is 18.5 Å². The molecule has 1 unspecified atom stereocenters. The molecule has 1 atom stereocenters. The normalized spacial score (nSPS) is 23.2. The maximum absolute atomic E-state index is 12.3. The Balaban J connectivity index is 2.23. The average Bonchev–Trinajstić information content (AvgIpc) is 2.85. The molecule has 1 aromatic rings. The van der Waals surface area contributed by atoms with Crippen LogP contribution in [0.2, 0.25) is 0 Å². The highest BCUT2D eigenvalue weighted by Crippen LogP contribution is 2.31. The van der Waals surface area contributed by atoms with Gasteiger partial charge in [-0.15, -0.1) is 0 Å². The van der Waals surface area contributed by atoms with Gasteiger partial charge in [0, 0.05) is 13.1 Å².